The van der Waals surface area contributed by atoms with Crippen LogP contribution in [0.4, 0.5) is 11.4 Å². The normalized spacial score (nSPS) is 19.2. The van der Waals surface area contributed by atoms with Gasteiger partial charge in [-0.15, -0.1) is 0 Å². The number of nitrogens with one attached hydrogen (secondary N) is 1. The van der Waals surface area contributed by atoms with Crippen LogP contribution in [-0.2, 0) is 4.79 Å². The molecule has 2 rings (SSSR count). The van der Waals surface area contributed by atoms with Crippen molar-refractivity contribution >= 4 is 28.9 Å². The molecule has 1 aromatic carbocycles. The molecule has 0 spiro atoms. The summed E-state index contributed by atoms with van der Waals surface area (Å²) in [6, 6.07) is 5.10. The van der Waals surface area contributed by atoms with Gasteiger partial charge in [0.25, 0.3) is 0 Å². The summed E-state index contributed by atoms with van der Waals surface area (Å²) in [6.07, 6.45) is 2.67. The zero-order valence-corrected chi connectivity index (χ0v) is 12.6. The smallest absolute Gasteiger partial charge is 0.224 e. The molecule has 1 aromatic rings. The highest BCUT2D eigenvalue weighted by atomic mass is 35.5. The number of nitrogens with two attached hydrogens (primary N) is 1. The van der Waals surface area contributed by atoms with Crippen LogP contribution >= 0.6 is 11.6 Å². The maximum atomic E-state index is 11.9. The van der Waals surface area contributed by atoms with E-state index in [1.54, 1.807) is 18.2 Å². The summed E-state index contributed by atoms with van der Waals surface area (Å²) >= 11 is 5.82. The van der Waals surface area contributed by atoms with Crippen molar-refractivity contribution in [2.75, 3.05) is 30.7 Å². The lowest BCUT2D eigenvalue weighted by molar-refractivity contribution is -0.116. The van der Waals surface area contributed by atoms with Crippen molar-refractivity contribution in [1.29, 1.82) is 0 Å². The van der Waals surface area contributed by atoms with Gasteiger partial charge in [-0.05, 0) is 50.0 Å². The number of nitrogens with zero attached hydrogens (tertiary/aromatic N) is 1. The lowest BCUT2D eigenvalue weighted by atomic mass is 10.2. The van der Waals surface area contributed by atoms with E-state index in [1.807, 2.05) is 0 Å². The highest BCUT2D eigenvalue weighted by molar-refractivity contribution is 6.31. The second kappa shape index (κ2) is 6.95. The average Bonchev–Trinajstić information content (AvgIpc) is 2.79. The number of hydrogen-bond acceptors (Lipinski definition) is 3. The molecule has 20 heavy (non-hydrogen) atoms. The first kappa shape index (κ1) is 15.1. The number of nitrogen functional groups attached to an aromatic ring is 1. The van der Waals surface area contributed by atoms with E-state index >= 15 is 0 Å². The Morgan fingerprint density at radius 3 is 3.00 bits per heavy atom. The van der Waals surface area contributed by atoms with Gasteiger partial charge in [-0.3, -0.25) is 4.79 Å². The molecule has 1 aliphatic rings. The number of likely N-dealkylation sites (tertiary alicyclic amines) is 1. The highest BCUT2D eigenvalue weighted by Gasteiger charge is 2.18. The number of hydrogen-bond donors (Lipinski definition) is 2. The van der Waals surface area contributed by atoms with E-state index in [0.717, 1.165) is 32.0 Å². The van der Waals surface area contributed by atoms with Crippen molar-refractivity contribution in [3.05, 3.63) is 23.2 Å². The molecule has 0 bridgehead atoms. The predicted molar refractivity (Wildman–Crippen MR) is 83.9 cm³/mol. The quantitative estimate of drug-likeness (QED) is 0.821. The average molecular weight is 296 g/mol. The third-order valence-corrected chi connectivity index (χ3v) is 3.91. The van der Waals surface area contributed by atoms with E-state index in [-0.39, 0.29) is 5.91 Å². The molecule has 5 heteroatoms. The van der Waals surface area contributed by atoms with Gasteiger partial charge in [-0.1, -0.05) is 18.5 Å². The van der Waals surface area contributed by atoms with Crippen LogP contribution < -0.4 is 11.1 Å². The number of rotatable bonds is 5. The first-order valence-corrected chi connectivity index (χ1v) is 7.49. The Bertz CT molecular complexity index is 478. The molecule has 0 radical (unpaired) electrons. The van der Waals surface area contributed by atoms with Gasteiger partial charge >= 0.3 is 0 Å². The summed E-state index contributed by atoms with van der Waals surface area (Å²) in [4.78, 5) is 14.3. The number of anilines is 2. The third kappa shape index (κ3) is 4.39. The molecule has 0 aliphatic carbocycles. The van der Waals surface area contributed by atoms with Crippen molar-refractivity contribution in [2.24, 2.45) is 5.92 Å². The fourth-order valence-corrected chi connectivity index (χ4v) is 2.73. The molecule has 1 amide bonds. The minimum atomic E-state index is 0.00580. The van der Waals surface area contributed by atoms with Crippen LogP contribution in [0.1, 0.15) is 26.2 Å². The van der Waals surface area contributed by atoms with Crippen LogP contribution in [0.15, 0.2) is 18.2 Å². The van der Waals surface area contributed by atoms with E-state index in [2.05, 4.69) is 17.1 Å². The van der Waals surface area contributed by atoms with Gasteiger partial charge < -0.3 is 16.0 Å². The van der Waals surface area contributed by atoms with Crippen molar-refractivity contribution in [1.82, 2.24) is 4.90 Å². The van der Waals surface area contributed by atoms with Gasteiger partial charge in [0.1, 0.15) is 0 Å². The lowest BCUT2D eigenvalue weighted by Gasteiger charge is -2.15. The van der Waals surface area contributed by atoms with Gasteiger partial charge in [-0.25, -0.2) is 0 Å². The van der Waals surface area contributed by atoms with Gasteiger partial charge in [0.05, 0.1) is 11.4 Å². The fraction of sp³-hybridized carbons (Fsp3) is 0.533. The molecule has 1 fully saturated rings. The Hall–Kier alpha value is -1.26. The summed E-state index contributed by atoms with van der Waals surface area (Å²) < 4.78 is 0. The zero-order chi connectivity index (χ0) is 14.5. The number of amides is 1. The SMILES string of the molecule is CC1CCN(CCCC(=O)Nc2ccc(Cl)cc2N)C1. The van der Waals surface area contributed by atoms with E-state index < -0.39 is 0 Å². The Labute approximate surface area is 125 Å². The maximum Gasteiger partial charge on any atom is 0.224 e. The first-order valence-electron chi connectivity index (χ1n) is 7.12. The molecule has 0 saturated carbocycles. The zero-order valence-electron chi connectivity index (χ0n) is 11.9. The molecule has 1 saturated heterocycles. The van der Waals surface area contributed by atoms with Crippen LogP contribution in [0, 0.1) is 5.92 Å². The number of carbonyl (C=O) groups excluding carboxylic acids is 1. The standard InChI is InChI=1S/C15H22ClN3O/c1-11-6-8-19(10-11)7-2-3-15(20)18-14-5-4-12(16)9-13(14)17/h4-5,9,11H,2-3,6-8,10,17H2,1H3,(H,18,20). The van der Waals surface area contributed by atoms with Crippen LogP contribution in [0.25, 0.3) is 0 Å². The largest absolute Gasteiger partial charge is 0.397 e. The Kier molecular flexibility index (Phi) is 5.26. The molecular weight excluding hydrogens is 274 g/mol. The molecule has 110 valence electrons. The van der Waals surface area contributed by atoms with Gasteiger partial charge in [0, 0.05) is 18.0 Å². The highest BCUT2D eigenvalue weighted by Crippen LogP contribution is 2.23. The molecule has 0 aromatic heterocycles. The first-order chi connectivity index (χ1) is 9.54. The molecule has 1 aliphatic heterocycles. The van der Waals surface area contributed by atoms with E-state index in [0.29, 0.717) is 22.8 Å². The van der Waals surface area contributed by atoms with Crippen molar-refractivity contribution in [2.45, 2.75) is 26.2 Å². The predicted octanol–water partition coefficient (Wildman–Crippen LogP) is 2.98. The fourth-order valence-electron chi connectivity index (χ4n) is 2.55. The molecule has 1 unspecified atom stereocenters. The topological polar surface area (TPSA) is 58.4 Å². The minimum Gasteiger partial charge on any atom is -0.397 e. The summed E-state index contributed by atoms with van der Waals surface area (Å²) in [6.45, 7) is 5.59. The van der Waals surface area contributed by atoms with Gasteiger partial charge in [0.2, 0.25) is 5.91 Å². The number of benzene rings is 1. The maximum absolute atomic E-state index is 11.9. The Balaban J connectivity index is 1.72. The van der Waals surface area contributed by atoms with E-state index in [9.17, 15) is 4.79 Å². The minimum absolute atomic E-state index is 0.00580. The number of carbonyl (C=O) groups is 1. The summed E-state index contributed by atoms with van der Waals surface area (Å²) in [5, 5.41) is 3.40. The van der Waals surface area contributed by atoms with Crippen molar-refractivity contribution in [3.8, 4) is 0 Å². The second-order valence-electron chi connectivity index (χ2n) is 5.58. The molecule has 4 nitrogen and oxygen atoms in total. The van der Waals surface area contributed by atoms with E-state index in [1.165, 1.54) is 6.42 Å². The number of halogens is 1. The van der Waals surface area contributed by atoms with Crippen LogP contribution in [0.3, 0.4) is 0 Å². The Morgan fingerprint density at radius 2 is 2.35 bits per heavy atom. The summed E-state index contributed by atoms with van der Waals surface area (Å²) in [7, 11) is 0. The van der Waals surface area contributed by atoms with Gasteiger partial charge in [-0.2, -0.15) is 0 Å². The van der Waals surface area contributed by atoms with Crippen molar-refractivity contribution < 1.29 is 4.79 Å². The lowest BCUT2D eigenvalue weighted by Crippen LogP contribution is -2.23. The molecule has 1 atom stereocenters. The van der Waals surface area contributed by atoms with Crippen LogP contribution in [-0.4, -0.2) is 30.4 Å². The molecule has 3 N–H and O–H groups in total. The van der Waals surface area contributed by atoms with Gasteiger partial charge in [0.15, 0.2) is 0 Å². The van der Waals surface area contributed by atoms with Crippen molar-refractivity contribution in [3.63, 3.8) is 0 Å². The van der Waals surface area contributed by atoms with Crippen LogP contribution in [0.2, 0.25) is 5.02 Å². The van der Waals surface area contributed by atoms with Crippen LogP contribution in [0.5, 0.6) is 0 Å². The molecular formula is C15H22ClN3O. The summed E-state index contributed by atoms with van der Waals surface area (Å²) in [5.41, 5.74) is 6.94. The second-order valence-corrected chi connectivity index (χ2v) is 6.01. The molecule has 1 heterocycles. The third-order valence-electron chi connectivity index (χ3n) is 3.67. The monoisotopic (exact) mass is 295 g/mol. The van der Waals surface area contributed by atoms with E-state index in [4.69, 9.17) is 17.3 Å². The summed E-state index contributed by atoms with van der Waals surface area (Å²) in [5.74, 6) is 0.795. The Morgan fingerprint density at radius 1 is 1.55 bits per heavy atom.